The molecule has 0 atom stereocenters. The number of fused-ring (bicyclic) bond motifs is 2. The lowest BCUT2D eigenvalue weighted by atomic mass is 9.94. The van der Waals surface area contributed by atoms with Crippen molar-refractivity contribution in [1.82, 2.24) is 35.5 Å². The number of hydrogen-bond acceptors (Lipinski definition) is 7. The largest absolute Gasteiger partial charge is 0.352 e. The molecule has 0 radical (unpaired) electrons. The number of thiophene rings is 1. The molecule has 0 aliphatic carbocycles. The van der Waals surface area contributed by atoms with Gasteiger partial charge in [-0.1, -0.05) is 6.07 Å². The van der Waals surface area contributed by atoms with E-state index in [2.05, 4.69) is 64.3 Å². The van der Waals surface area contributed by atoms with Gasteiger partial charge < -0.3 is 15.6 Å². The van der Waals surface area contributed by atoms with Crippen LogP contribution in [0, 0.1) is 5.92 Å². The Morgan fingerprint density at radius 1 is 1.00 bits per heavy atom. The Morgan fingerprint density at radius 2 is 1.87 bits per heavy atom. The molecule has 9 nitrogen and oxygen atoms in total. The molecule has 39 heavy (non-hydrogen) atoms. The van der Waals surface area contributed by atoms with E-state index in [4.69, 9.17) is 0 Å². The molecule has 0 spiro atoms. The van der Waals surface area contributed by atoms with Gasteiger partial charge in [-0.2, -0.15) is 5.10 Å². The van der Waals surface area contributed by atoms with Crippen LogP contribution in [-0.2, 0) is 4.79 Å². The second kappa shape index (κ2) is 10.0. The average Bonchev–Trinajstić information content (AvgIpc) is 3.73. The number of carbonyl (C=O) groups is 1. The number of anilines is 1. The predicted molar refractivity (Wildman–Crippen MR) is 154 cm³/mol. The highest BCUT2D eigenvalue weighted by Crippen LogP contribution is 2.35. The van der Waals surface area contributed by atoms with Crippen LogP contribution in [0.2, 0.25) is 0 Å². The maximum absolute atomic E-state index is 12.7. The number of amides is 1. The third-order valence-electron chi connectivity index (χ3n) is 7.29. The van der Waals surface area contributed by atoms with E-state index in [0.717, 1.165) is 70.3 Å². The predicted octanol–water partition coefficient (Wildman–Crippen LogP) is 5.62. The molecule has 1 fully saturated rings. The molecule has 0 aromatic carbocycles. The van der Waals surface area contributed by atoms with E-state index in [0.29, 0.717) is 23.7 Å². The minimum atomic E-state index is 0.0294. The number of nitrogens with zero attached hydrogens (tertiary/aromatic N) is 4. The number of aromatic nitrogens is 6. The minimum Gasteiger partial charge on any atom is -0.352 e. The highest BCUT2D eigenvalue weighted by Gasteiger charge is 2.18. The van der Waals surface area contributed by atoms with E-state index in [1.54, 1.807) is 29.9 Å². The van der Waals surface area contributed by atoms with Crippen molar-refractivity contribution in [2.24, 2.45) is 5.92 Å². The van der Waals surface area contributed by atoms with Crippen molar-refractivity contribution in [3.8, 4) is 33.0 Å². The van der Waals surface area contributed by atoms with Crippen LogP contribution in [0.25, 0.3) is 54.9 Å². The van der Waals surface area contributed by atoms with E-state index in [9.17, 15) is 4.79 Å². The highest BCUT2D eigenvalue weighted by atomic mass is 32.1. The maximum atomic E-state index is 12.7. The molecule has 0 unspecified atom stereocenters. The lowest BCUT2D eigenvalue weighted by Crippen LogP contribution is -2.30. The van der Waals surface area contributed by atoms with Crippen LogP contribution < -0.4 is 10.6 Å². The molecule has 1 saturated heterocycles. The molecule has 4 N–H and O–H groups in total. The summed E-state index contributed by atoms with van der Waals surface area (Å²) in [4.78, 5) is 30.7. The monoisotopic (exact) mass is 534 g/mol. The van der Waals surface area contributed by atoms with Crippen molar-refractivity contribution in [2.75, 3.05) is 18.4 Å². The SMILES string of the molecule is O=C(CC1CCNCC1)Nc1cncc(-c2cnc3[nH]nc(-c4cc5c(-c6cccs6)cncc5[nH]4)c3c2)c1. The Kier molecular flexibility index (Phi) is 6.10. The van der Waals surface area contributed by atoms with Gasteiger partial charge in [-0.25, -0.2) is 4.98 Å². The van der Waals surface area contributed by atoms with Gasteiger partial charge in [0.15, 0.2) is 5.65 Å². The average molecular weight is 535 g/mol. The fourth-order valence-corrected chi connectivity index (χ4v) is 6.05. The molecule has 10 heteroatoms. The van der Waals surface area contributed by atoms with E-state index >= 15 is 0 Å². The van der Waals surface area contributed by atoms with Gasteiger partial charge in [0.25, 0.3) is 0 Å². The van der Waals surface area contributed by atoms with Gasteiger partial charge >= 0.3 is 0 Å². The lowest BCUT2D eigenvalue weighted by Gasteiger charge is -2.21. The van der Waals surface area contributed by atoms with Crippen LogP contribution in [0.4, 0.5) is 5.69 Å². The van der Waals surface area contributed by atoms with Crippen molar-refractivity contribution in [3.05, 3.63) is 66.7 Å². The third kappa shape index (κ3) is 4.68. The van der Waals surface area contributed by atoms with Gasteiger partial charge in [0.05, 0.1) is 29.3 Å². The summed E-state index contributed by atoms with van der Waals surface area (Å²) >= 11 is 1.69. The third-order valence-corrected chi connectivity index (χ3v) is 8.20. The molecule has 7 rings (SSSR count). The molecule has 0 bridgehead atoms. The first-order chi connectivity index (χ1) is 19.2. The van der Waals surface area contributed by atoms with Gasteiger partial charge in [-0.15, -0.1) is 11.3 Å². The van der Waals surface area contributed by atoms with Crippen LogP contribution in [0.15, 0.2) is 66.7 Å². The standard InChI is InChI=1S/C29H26N8OS/c38-27(8-17-3-5-30-6-4-17)34-20-9-18(12-31-14-20)19-10-22-28(36-37-29(22)33-13-19)24-11-21-23(26-2-1-7-39-26)15-32-16-25(21)35-24/h1-2,7,9-17,30,35H,3-6,8H2,(H,34,38)(H,33,36,37). The molecule has 6 aromatic rings. The summed E-state index contributed by atoms with van der Waals surface area (Å²) in [5.41, 5.74) is 6.86. The quantitative estimate of drug-likeness (QED) is 0.220. The molecule has 6 aromatic heterocycles. The van der Waals surface area contributed by atoms with Crippen molar-refractivity contribution in [3.63, 3.8) is 0 Å². The molecule has 1 aliphatic heterocycles. The fraction of sp³-hybridized carbons (Fsp3) is 0.207. The Labute approximate surface area is 228 Å². The first-order valence-electron chi connectivity index (χ1n) is 13.0. The Morgan fingerprint density at radius 3 is 2.74 bits per heavy atom. The number of hydrogen-bond donors (Lipinski definition) is 4. The molecule has 7 heterocycles. The second-order valence-corrected chi connectivity index (χ2v) is 10.9. The van der Waals surface area contributed by atoms with Crippen molar-refractivity contribution < 1.29 is 4.79 Å². The number of rotatable bonds is 6. The summed E-state index contributed by atoms with van der Waals surface area (Å²) in [6, 6.07) is 10.3. The number of carbonyl (C=O) groups excluding carboxylic acids is 1. The van der Waals surface area contributed by atoms with E-state index in [1.807, 2.05) is 24.5 Å². The number of pyridine rings is 3. The first-order valence-corrected chi connectivity index (χ1v) is 13.9. The maximum Gasteiger partial charge on any atom is 0.224 e. The zero-order valence-corrected chi connectivity index (χ0v) is 21.9. The van der Waals surface area contributed by atoms with Crippen molar-refractivity contribution in [1.29, 1.82) is 0 Å². The van der Waals surface area contributed by atoms with Crippen LogP contribution in [0.3, 0.4) is 0 Å². The first kappa shape index (κ1) is 23.7. The van der Waals surface area contributed by atoms with Crippen LogP contribution in [0.1, 0.15) is 19.3 Å². The van der Waals surface area contributed by atoms with Gasteiger partial charge in [0, 0.05) is 57.4 Å². The van der Waals surface area contributed by atoms with Gasteiger partial charge in [-0.3, -0.25) is 19.9 Å². The molecule has 1 amide bonds. The Bertz CT molecular complexity index is 1780. The second-order valence-electron chi connectivity index (χ2n) is 9.91. The number of H-pyrrole nitrogens is 2. The Hall–Kier alpha value is -4.41. The molecular weight excluding hydrogens is 508 g/mol. The zero-order chi connectivity index (χ0) is 26.2. The number of aromatic amines is 2. The summed E-state index contributed by atoms with van der Waals surface area (Å²) in [5, 5.41) is 18.1. The summed E-state index contributed by atoms with van der Waals surface area (Å²) in [7, 11) is 0. The van der Waals surface area contributed by atoms with E-state index in [-0.39, 0.29) is 5.91 Å². The number of nitrogens with one attached hydrogen (secondary N) is 4. The van der Waals surface area contributed by atoms with Gasteiger partial charge in [0.2, 0.25) is 5.91 Å². The normalized spacial score (nSPS) is 14.3. The Balaban J connectivity index is 1.19. The molecular formula is C29H26N8OS. The minimum absolute atomic E-state index is 0.0294. The van der Waals surface area contributed by atoms with Crippen molar-refractivity contribution in [2.45, 2.75) is 19.3 Å². The molecule has 194 valence electrons. The number of piperidine rings is 1. The molecule has 1 aliphatic rings. The summed E-state index contributed by atoms with van der Waals surface area (Å²) in [6.07, 6.45) is 11.6. The van der Waals surface area contributed by atoms with Gasteiger partial charge in [-0.05, 0) is 61.5 Å². The topological polar surface area (TPSA) is 124 Å². The summed E-state index contributed by atoms with van der Waals surface area (Å²) < 4.78 is 0. The zero-order valence-electron chi connectivity index (χ0n) is 21.1. The van der Waals surface area contributed by atoms with Crippen LogP contribution in [0.5, 0.6) is 0 Å². The van der Waals surface area contributed by atoms with Gasteiger partial charge in [0.1, 0.15) is 5.69 Å². The van der Waals surface area contributed by atoms with Crippen molar-refractivity contribution >= 4 is 44.9 Å². The van der Waals surface area contributed by atoms with Crippen LogP contribution in [-0.4, -0.2) is 49.1 Å². The van der Waals surface area contributed by atoms with E-state index < -0.39 is 0 Å². The smallest absolute Gasteiger partial charge is 0.224 e. The molecule has 0 saturated carbocycles. The lowest BCUT2D eigenvalue weighted by molar-refractivity contribution is -0.117. The highest BCUT2D eigenvalue weighted by molar-refractivity contribution is 7.13. The van der Waals surface area contributed by atoms with E-state index in [1.165, 1.54) is 4.88 Å². The summed E-state index contributed by atoms with van der Waals surface area (Å²) in [5.74, 6) is 0.456. The fourth-order valence-electron chi connectivity index (χ4n) is 5.30. The summed E-state index contributed by atoms with van der Waals surface area (Å²) in [6.45, 7) is 1.96. The van der Waals surface area contributed by atoms with Crippen LogP contribution >= 0.6 is 11.3 Å².